The van der Waals surface area contributed by atoms with Gasteiger partial charge >= 0.3 is 6.09 Å². The van der Waals surface area contributed by atoms with E-state index in [0.717, 1.165) is 5.56 Å². The molecule has 1 amide bonds. The Labute approximate surface area is 144 Å². The van der Waals surface area contributed by atoms with E-state index in [-0.39, 0.29) is 6.09 Å². The molecule has 0 spiro atoms. The van der Waals surface area contributed by atoms with Gasteiger partial charge in [0.15, 0.2) is 0 Å². The van der Waals surface area contributed by atoms with Gasteiger partial charge in [-0.3, -0.25) is 4.98 Å². The average molecular weight is 336 g/mol. The molecule has 0 unspecified atom stereocenters. The van der Waals surface area contributed by atoms with Crippen molar-refractivity contribution >= 4 is 6.09 Å². The molecule has 1 aliphatic heterocycles. The molecule has 6 heteroatoms. The van der Waals surface area contributed by atoms with Crippen LogP contribution in [-0.4, -0.2) is 55.0 Å². The molecule has 0 saturated carbocycles. The minimum Gasteiger partial charge on any atom is -0.444 e. The van der Waals surface area contributed by atoms with Crippen LogP contribution in [0.5, 0.6) is 0 Å². The summed E-state index contributed by atoms with van der Waals surface area (Å²) in [6, 6.07) is 3.94. The third kappa shape index (κ3) is 4.92. The van der Waals surface area contributed by atoms with E-state index in [1.54, 1.807) is 18.2 Å². The second kappa shape index (κ2) is 7.94. The standard InChI is InChI=1S/C18H28N2O4/c1-17(2,3)24-16(21)20-10-7-18(8-11-20,23-13-12-22-4)15-6-5-9-19-14-15/h5-6,9,14H,7-8,10-13H2,1-4H3. The highest BCUT2D eigenvalue weighted by Gasteiger charge is 2.39. The number of nitrogens with zero attached hydrogens (tertiary/aromatic N) is 2. The molecular weight excluding hydrogens is 308 g/mol. The van der Waals surface area contributed by atoms with Gasteiger partial charge in [-0.2, -0.15) is 0 Å². The lowest BCUT2D eigenvalue weighted by atomic mass is 9.85. The summed E-state index contributed by atoms with van der Waals surface area (Å²) >= 11 is 0. The van der Waals surface area contributed by atoms with Gasteiger partial charge in [0, 0.05) is 38.2 Å². The van der Waals surface area contributed by atoms with Gasteiger partial charge < -0.3 is 19.1 Å². The molecule has 1 saturated heterocycles. The summed E-state index contributed by atoms with van der Waals surface area (Å²) in [7, 11) is 1.66. The van der Waals surface area contributed by atoms with Crippen molar-refractivity contribution in [3.8, 4) is 0 Å². The molecule has 0 aromatic carbocycles. The van der Waals surface area contributed by atoms with Crippen LogP contribution in [-0.2, 0) is 19.8 Å². The van der Waals surface area contributed by atoms with Gasteiger partial charge in [0.2, 0.25) is 0 Å². The van der Waals surface area contributed by atoms with Gasteiger partial charge in [-0.15, -0.1) is 0 Å². The quantitative estimate of drug-likeness (QED) is 0.774. The fourth-order valence-electron chi connectivity index (χ4n) is 2.85. The Bertz CT molecular complexity index is 520. The van der Waals surface area contributed by atoms with Crippen LogP contribution in [0.3, 0.4) is 0 Å². The third-order valence-electron chi connectivity index (χ3n) is 4.08. The Morgan fingerprint density at radius 2 is 2.00 bits per heavy atom. The van der Waals surface area contributed by atoms with E-state index in [1.165, 1.54) is 0 Å². The Hall–Kier alpha value is -1.66. The largest absolute Gasteiger partial charge is 0.444 e. The number of hydrogen-bond acceptors (Lipinski definition) is 5. The number of ether oxygens (including phenoxy) is 3. The lowest BCUT2D eigenvalue weighted by Crippen LogP contribution is -2.48. The fourth-order valence-corrected chi connectivity index (χ4v) is 2.85. The van der Waals surface area contributed by atoms with E-state index in [9.17, 15) is 4.79 Å². The Kier molecular flexibility index (Phi) is 6.18. The topological polar surface area (TPSA) is 60.9 Å². The summed E-state index contributed by atoms with van der Waals surface area (Å²) in [5.41, 5.74) is 0.139. The van der Waals surface area contributed by atoms with Crippen molar-refractivity contribution in [2.75, 3.05) is 33.4 Å². The molecule has 0 radical (unpaired) electrons. The first-order valence-electron chi connectivity index (χ1n) is 8.38. The van der Waals surface area contributed by atoms with Gasteiger partial charge in [-0.05, 0) is 39.7 Å². The van der Waals surface area contributed by atoms with E-state index in [0.29, 0.717) is 39.1 Å². The van der Waals surface area contributed by atoms with Crippen molar-refractivity contribution in [2.45, 2.75) is 44.8 Å². The van der Waals surface area contributed by atoms with Gasteiger partial charge in [0.25, 0.3) is 0 Å². The van der Waals surface area contributed by atoms with E-state index in [2.05, 4.69) is 4.98 Å². The Morgan fingerprint density at radius 3 is 2.54 bits per heavy atom. The van der Waals surface area contributed by atoms with Crippen molar-refractivity contribution in [3.63, 3.8) is 0 Å². The van der Waals surface area contributed by atoms with Crippen LogP contribution in [0.2, 0.25) is 0 Å². The normalized spacial score (nSPS) is 17.6. The summed E-state index contributed by atoms with van der Waals surface area (Å²) in [6.07, 6.45) is 4.75. The molecule has 0 aliphatic carbocycles. The van der Waals surface area contributed by atoms with Crippen LogP contribution in [0.4, 0.5) is 4.79 Å². The van der Waals surface area contributed by atoms with Crippen LogP contribution in [0.25, 0.3) is 0 Å². The summed E-state index contributed by atoms with van der Waals surface area (Å²) in [5, 5.41) is 0. The van der Waals surface area contributed by atoms with Crippen LogP contribution < -0.4 is 0 Å². The lowest BCUT2D eigenvalue weighted by molar-refractivity contribution is -0.101. The van der Waals surface area contributed by atoms with E-state index in [1.807, 2.05) is 39.1 Å². The van der Waals surface area contributed by atoms with Gasteiger partial charge in [0.05, 0.1) is 18.8 Å². The molecular formula is C18H28N2O4. The number of carbonyl (C=O) groups excluding carboxylic acids is 1. The number of likely N-dealkylation sites (tertiary alicyclic amines) is 1. The molecule has 0 N–H and O–H groups in total. The number of pyridine rings is 1. The third-order valence-corrected chi connectivity index (χ3v) is 4.08. The predicted octanol–water partition coefficient (Wildman–Crippen LogP) is 2.97. The highest BCUT2D eigenvalue weighted by Crippen LogP contribution is 2.36. The molecule has 6 nitrogen and oxygen atoms in total. The monoisotopic (exact) mass is 336 g/mol. The Morgan fingerprint density at radius 1 is 1.29 bits per heavy atom. The van der Waals surface area contributed by atoms with E-state index < -0.39 is 11.2 Å². The number of amides is 1. The number of piperidine rings is 1. The number of rotatable bonds is 5. The van der Waals surface area contributed by atoms with Crippen LogP contribution in [0, 0.1) is 0 Å². The zero-order valence-corrected chi connectivity index (χ0v) is 15.1. The molecule has 1 aromatic rings. The first-order chi connectivity index (χ1) is 11.4. The summed E-state index contributed by atoms with van der Waals surface area (Å²) < 4.78 is 16.7. The number of methoxy groups -OCH3 is 1. The number of hydrogen-bond donors (Lipinski definition) is 0. The molecule has 2 rings (SSSR count). The van der Waals surface area contributed by atoms with Gasteiger partial charge in [-0.25, -0.2) is 4.79 Å². The van der Waals surface area contributed by atoms with Gasteiger partial charge in [0.1, 0.15) is 5.60 Å². The molecule has 1 aliphatic rings. The highest BCUT2D eigenvalue weighted by atomic mass is 16.6. The minimum atomic E-state index is -0.482. The molecule has 24 heavy (non-hydrogen) atoms. The number of carbonyl (C=O) groups is 1. The van der Waals surface area contributed by atoms with Crippen molar-refractivity contribution < 1.29 is 19.0 Å². The van der Waals surface area contributed by atoms with Gasteiger partial charge in [-0.1, -0.05) is 6.07 Å². The molecule has 1 fully saturated rings. The number of aromatic nitrogens is 1. The lowest BCUT2D eigenvalue weighted by Gasteiger charge is -2.42. The maximum absolute atomic E-state index is 12.3. The predicted molar refractivity (Wildman–Crippen MR) is 90.8 cm³/mol. The van der Waals surface area contributed by atoms with Crippen LogP contribution >= 0.6 is 0 Å². The van der Waals surface area contributed by atoms with E-state index >= 15 is 0 Å². The average Bonchev–Trinajstić information content (AvgIpc) is 2.55. The van der Waals surface area contributed by atoms with E-state index in [4.69, 9.17) is 14.2 Å². The summed E-state index contributed by atoms with van der Waals surface area (Å²) in [6.45, 7) is 7.87. The maximum Gasteiger partial charge on any atom is 0.410 e. The van der Waals surface area contributed by atoms with Crippen LogP contribution in [0.1, 0.15) is 39.2 Å². The smallest absolute Gasteiger partial charge is 0.410 e. The zero-order chi connectivity index (χ0) is 17.6. The van der Waals surface area contributed by atoms with Crippen LogP contribution in [0.15, 0.2) is 24.5 Å². The highest BCUT2D eigenvalue weighted by molar-refractivity contribution is 5.68. The maximum atomic E-state index is 12.3. The fraction of sp³-hybridized carbons (Fsp3) is 0.667. The summed E-state index contributed by atoms with van der Waals surface area (Å²) in [5.74, 6) is 0. The van der Waals surface area contributed by atoms with Crippen molar-refractivity contribution in [2.24, 2.45) is 0 Å². The molecule has 134 valence electrons. The molecule has 1 aromatic heterocycles. The van der Waals surface area contributed by atoms with Crippen molar-refractivity contribution in [3.05, 3.63) is 30.1 Å². The molecule has 0 atom stereocenters. The second-order valence-corrected chi connectivity index (χ2v) is 7.04. The van der Waals surface area contributed by atoms with Crippen molar-refractivity contribution in [1.29, 1.82) is 0 Å². The molecule has 2 heterocycles. The minimum absolute atomic E-state index is 0.265. The SMILES string of the molecule is COCCOC1(c2cccnc2)CCN(C(=O)OC(C)(C)C)CC1. The Balaban J connectivity index is 2.05. The second-order valence-electron chi connectivity index (χ2n) is 7.04. The zero-order valence-electron chi connectivity index (χ0n) is 15.1. The molecule has 0 bridgehead atoms. The van der Waals surface area contributed by atoms with Crippen molar-refractivity contribution in [1.82, 2.24) is 9.88 Å². The first-order valence-corrected chi connectivity index (χ1v) is 8.38. The first kappa shape index (κ1) is 18.7. The summed E-state index contributed by atoms with van der Waals surface area (Å²) in [4.78, 5) is 18.2.